The minimum atomic E-state index is -0.410. The van der Waals surface area contributed by atoms with Gasteiger partial charge in [-0.3, -0.25) is 10.1 Å². The van der Waals surface area contributed by atoms with E-state index in [9.17, 15) is 10.1 Å². The average molecular weight is 227 g/mol. The van der Waals surface area contributed by atoms with Crippen molar-refractivity contribution in [3.8, 4) is 0 Å². The maximum absolute atomic E-state index is 10.6. The van der Waals surface area contributed by atoms with Gasteiger partial charge in [-0.1, -0.05) is 13.0 Å². The molecule has 0 aliphatic carbocycles. The summed E-state index contributed by atoms with van der Waals surface area (Å²) in [6.07, 6.45) is 0. The summed E-state index contributed by atoms with van der Waals surface area (Å²) in [4.78, 5) is 11.0. The largest absolute Gasteiger partial charge is 0.395 e. The number of rotatable bonds is 4. The first-order chi connectivity index (χ1) is 7.04. The lowest BCUT2D eigenvalue weighted by Crippen LogP contribution is -2.02. The van der Waals surface area contributed by atoms with Gasteiger partial charge < -0.3 is 5.11 Å². The van der Waals surface area contributed by atoms with Crippen LogP contribution in [0.5, 0.6) is 0 Å². The van der Waals surface area contributed by atoms with E-state index in [0.717, 1.165) is 10.5 Å². The van der Waals surface area contributed by atoms with E-state index in [0.29, 0.717) is 0 Å². The highest BCUT2D eigenvalue weighted by Crippen LogP contribution is 2.29. The summed E-state index contributed by atoms with van der Waals surface area (Å²) in [6, 6.07) is 4.76. The normalized spacial score (nSPS) is 12.5. The van der Waals surface area contributed by atoms with E-state index < -0.39 is 4.92 Å². The summed E-state index contributed by atoms with van der Waals surface area (Å²) in [7, 11) is 0. The van der Waals surface area contributed by atoms with E-state index in [4.69, 9.17) is 5.11 Å². The lowest BCUT2D eigenvalue weighted by Gasteiger charge is -2.09. The quantitative estimate of drug-likeness (QED) is 0.487. The van der Waals surface area contributed by atoms with Gasteiger partial charge in [0.1, 0.15) is 0 Å². The van der Waals surface area contributed by atoms with Crippen LogP contribution in [0.4, 0.5) is 5.69 Å². The van der Waals surface area contributed by atoms with Crippen molar-refractivity contribution >= 4 is 17.4 Å². The first-order valence-electron chi connectivity index (χ1n) is 4.57. The Balaban J connectivity index is 2.95. The number of benzene rings is 1. The molecule has 0 bridgehead atoms. The molecule has 0 aliphatic heterocycles. The van der Waals surface area contributed by atoms with Crippen LogP contribution in [-0.2, 0) is 0 Å². The van der Waals surface area contributed by atoms with Crippen LogP contribution in [-0.4, -0.2) is 21.9 Å². The molecule has 0 heterocycles. The number of aliphatic hydroxyl groups excluding tert-OH is 1. The Bertz CT molecular complexity index is 368. The maximum Gasteiger partial charge on any atom is 0.270 e. The molecule has 0 saturated heterocycles. The Labute approximate surface area is 92.5 Å². The Hall–Kier alpha value is -1.07. The number of thioether (sulfide) groups is 1. The first-order valence-corrected chi connectivity index (χ1v) is 5.45. The number of non-ortho nitro benzene ring substituents is 1. The zero-order valence-electron chi connectivity index (χ0n) is 8.64. The zero-order valence-corrected chi connectivity index (χ0v) is 9.45. The van der Waals surface area contributed by atoms with Gasteiger partial charge in [0.2, 0.25) is 0 Å². The zero-order chi connectivity index (χ0) is 11.4. The van der Waals surface area contributed by atoms with Crippen molar-refractivity contribution in [1.29, 1.82) is 0 Å². The van der Waals surface area contributed by atoms with Crippen LogP contribution in [0, 0.1) is 17.0 Å². The Morgan fingerprint density at radius 1 is 1.60 bits per heavy atom. The van der Waals surface area contributed by atoms with Gasteiger partial charge in [0.15, 0.2) is 0 Å². The molecule has 5 heteroatoms. The molecule has 0 amide bonds. The van der Waals surface area contributed by atoms with Crippen LogP contribution in [0.3, 0.4) is 0 Å². The second kappa shape index (κ2) is 5.14. The molecule has 0 radical (unpaired) electrons. The van der Waals surface area contributed by atoms with Crippen molar-refractivity contribution in [2.24, 2.45) is 0 Å². The fourth-order valence-corrected chi connectivity index (χ4v) is 2.03. The summed E-state index contributed by atoms with van der Waals surface area (Å²) >= 11 is 1.45. The molecule has 4 nitrogen and oxygen atoms in total. The third-order valence-corrected chi connectivity index (χ3v) is 3.21. The topological polar surface area (TPSA) is 63.4 Å². The number of aliphatic hydroxyl groups is 1. The molecule has 1 N–H and O–H groups in total. The van der Waals surface area contributed by atoms with E-state index in [1.807, 2.05) is 13.8 Å². The highest BCUT2D eigenvalue weighted by atomic mass is 32.2. The molecule has 1 atom stereocenters. The standard InChI is InChI=1S/C10H13NO3S/c1-7-3-4-9(11(13)14)5-10(7)15-8(2)6-12/h3-5,8,12H,6H2,1-2H3. The SMILES string of the molecule is Cc1ccc([N+](=O)[O-])cc1SC(C)CO. The minimum absolute atomic E-state index is 0.0469. The van der Waals surface area contributed by atoms with Crippen LogP contribution < -0.4 is 0 Å². The highest BCUT2D eigenvalue weighted by molar-refractivity contribution is 8.00. The van der Waals surface area contributed by atoms with Gasteiger partial charge in [0.25, 0.3) is 5.69 Å². The van der Waals surface area contributed by atoms with E-state index in [2.05, 4.69) is 0 Å². The fraction of sp³-hybridized carbons (Fsp3) is 0.400. The van der Waals surface area contributed by atoms with E-state index >= 15 is 0 Å². The predicted octanol–water partition coefficient (Wildman–Crippen LogP) is 2.38. The monoisotopic (exact) mass is 227 g/mol. The van der Waals surface area contributed by atoms with Crippen LogP contribution in [0.25, 0.3) is 0 Å². The third-order valence-electron chi connectivity index (χ3n) is 1.97. The van der Waals surface area contributed by atoms with Crippen LogP contribution >= 0.6 is 11.8 Å². The summed E-state index contributed by atoms with van der Waals surface area (Å²) < 4.78 is 0. The summed E-state index contributed by atoms with van der Waals surface area (Å²) in [5.41, 5.74) is 1.08. The molecule has 1 aromatic rings. The van der Waals surface area contributed by atoms with E-state index in [-0.39, 0.29) is 17.5 Å². The molecule has 0 fully saturated rings. The number of aryl methyl sites for hydroxylation is 1. The molecule has 0 spiro atoms. The van der Waals surface area contributed by atoms with Crippen molar-refractivity contribution < 1.29 is 10.0 Å². The first kappa shape index (κ1) is 12.0. The molecular formula is C10H13NO3S. The van der Waals surface area contributed by atoms with Crippen LogP contribution in [0.2, 0.25) is 0 Å². The second-order valence-electron chi connectivity index (χ2n) is 3.32. The van der Waals surface area contributed by atoms with Gasteiger partial charge >= 0.3 is 0 Å². The van der Waals surface area contributed by atoms with Gasteiger partial charge in [-0.05, 0) is 12.5 Å². The van der Waals surface area contributed by atoms with Crippen LogP contribution in [0.15, 0.2) is 23.1 Å². The maximum atomic E-state index is 10.6. The fourth-order valence-electron chi connectivity index (χ4n) is 1.08. The van der Waals surface area contributed by atoms with Crippen molar-refractivity contribution in [3.63, 3.8) is 0 Å². The molecule has 1 aromatic carbocycles. The van der Waals surface area contributed by atoms with Gasteiger partial charge in [-0.25, -0.2) is 0 Å². The average Bonchev–Trinajstić information content (AvgIpc) is 2.20. The lowest BCUT2D eigenvalue weighted by atomic mass is 10.2. The number of nitro groups is 1. The highest BCUT2D eigenvalue weighted by Gasteiger charge is 2.11. The molecule has 1 unspecified atom stereocenters. The third kappa shape index (κ3) is 3.21. The predicted molar refractivity (Wildman–Crippen MR) is 60.2 cm³/mol. The summed E-state index contributed by atoms with van der Waals surface area (Å²) in [6.45, 7) is 3.84. The van der Waals surface area contributed by atoms with Crippen molar-refractivity contribution in [3.05, 3.63) is 33.9 Å². The lowest BCUT2D eigenvalue weighted by molar-refractivity contribution is -0.385. The molecule has 0 saturated carbocycles. The van der Waals surface area contributed by atoms with Gasteiger partial charge in [0.05, 0.1) is 11.5 Å². The van der Waals surface area contributed by atoms with Crippen molar-refractivity contribution in [1.82, 2.24) is 0 Å². The van der Waals surface area contributed by atoms with Crippen molar-refractivity contribution in [2.45, 2.75) is 24.0 Å². The van der Waals surface area contributed by atoms with Gasteiger partial charge in [-0.2, -0.15) is 0 Å². The molecule has 0 aliphatic rings. The molecule has 0 aromatic heterocycles. The number of hydrogen-bond acceptors (Lipinski definition) is 4. The Morgan fingerprint density at radius 2 is 2.27 bits per heavy atom. The molecule has 1 rings (SSSR count). The van der Waals surface area contributed by atoms with Gasteiger partial charge in [-0.15, -0.1) is 11.8 Å². The van der Waals surface area contributed by atoms with Gasteiger partial charge in [0, 0.05) is 22.3 Å². The second-order valence-corrected chi connectivity index (χ2v) is 4.80. The Kier molecular flexibility index (Phi) is 4.11. The number of nitrogens with zero attached hydrogens (tertiary/aromatic N) is 1. The number of hydrogen-bond donors (Lipinski definition) is 1. The molecule has 82 valence electrons. The van der Waals surface area contributed by atoms with Crippen LogP contribution in [0.1, 0.15) is 12.5 Å². The molecular weight excluding hydrogens is 214 g/mol. The molecule has 15 heavy (non-hydrogen) atoms. The summed E-state index contributed by atoms with van der Waals surface area (Å²) in [5, 5.41) is 19.5. The summed E-state index contributed by atoms with van der Waals surface area (Å²) in [5.74, 6) is 0. The van der Waals surface area contributed by atoms with Crippen molar-refractivity contribution in [2.75, 3.05) is 6.61 Å². The van der Waals surface area contributed by atoms with E-state index in [1.54, 1.807) is 12.1 Å². The smallest absolute Gasteiger partial charge is 0.270 e. The Morgan fingerprint density at radius 3 is 2.80 bits per heavy atom. The minimum Gasteiger partial charge on any atom is -0.395 e. The van der Waals surface area contributed by atoms with E-state index in [1.165, 1.54) is 17.8 Å². The number of nitro benzene ring substituents is 1.